The van der Waals surface area contributed by atoms with Gasteiger partial charge in [-0.25, -0.2) is 4.98 Å². The van der Waals surface area contributed by atoms with Crippen molar-refractivity contribution in [2.45, 2.75) is 11.7 Å². The molecular weight excluding hydrogens is 436 g/mol. The second-order valence-corrected chi connectivity index (χ2v) is 10.1. The van der Waals surface area contributed by atoms with E-state index in [-0.39, 0.29) is 15.5 Å². The lowest BCUT2D eigenvalue weighted by Gasteiger charge is -2.43. The number of anilines is 1. The number of aromatic nitrogens is 1. The van der Waals surface area contributed by atoms with Crippen LogP contribution < -0.4 is 10.4 Å². The molecule has 2 atom stereocenters. The van der Waals surface area contributed by atoms with Gasteiger partial charge in [-0.3, -0.25) is 0 Å². The Morgan fingerprint density at radius 3 is 2.25 bits per heavy atom. The predicted octanol–water partition coefficient (Wildman–Crippen LogP) is 4.97. The van der Waals surface area contributed by atoms with Crippen LogP contribution in [0.15, 0.2) is 91.2 Å². The number of thioether (sulfide) groups is 1. The van der Waals surface area contributed by atoms with Crippen molar-refractivity contribution in [3.63, 3.8) is 0 Å². The molecule has 3 aromatic rings. The molecule has 0 fully saturated rings. The number of hydrogen-bond donors (Lipinski definition) is 1. The van der Waals surface area contributed by atoms with Crippen molar-refractivity contribution >= 4 is 34.2 Å². The van der Waals surface area contributed by atoms with E-state index in [4.69, 9.17) is 0 Å². The number of thiazole rings is 1. The standard InChI is InChI=1S/C26H26N2O2S2/c1-19-10-8-9-15-22(19)26(20-11-4-2-5-12-20,21-13-6-3-7-14-21)31-17-16-27-25-28-18-23(32-25)24(29)30/h2-15,18-19,22H,16-17H2,1H3,(H,27,28)(H,29,30)/p-1. The average Bonchev–Trinajstić information content (AvgIpc) is 3.31. The summed E-state index contributed by atoms with van der Waals surface area (Å²) in [6.07, 6.45) is 10.2. The van der Waals surface area contributed by atoms with Gasteiger partial charge in [0.15, 0.2) is 5.13 Å². The molecule has 0 saturated carbocycles. The van der Waals surface area contributed by atoms with Crippen molar-refractivity contribution in [3.05, 3.63) is 107 Å². The Balaban J connectivity index is 1.64. The SMILES string of the molecule is CC1C=CC=CC1C(SCCNc1ncc(C(=O)[O-])s1)(c1ccccc1)c1ccccc1. The van der Waals surface area contributed by atoms with Crippen molar-refractivity contribution in [1.82, 2.24) is 4.98 Å². The van der Waals surface area contributed by atoms with Crippen LogP contribution >= 0.6 is 23.1 Å². The minimum Gasteiger partial charge on any atom is -0.544 e. The van der Waals surface area contributed by atoms with Crippen LogP contribution in [0.4, 0.5) is 5.13 Å². The number of nitrogens with zero attached hydrogens (tertiary/aromatic N) is 1. The van der Waals surface area contributed by atoms with Crippen molar-refractivity contribution in [2.24, 2.45) is 11.8 Å². The first kappa shape index (κ1) is 22.4. The largest absolute Gasteiger partial charge is 0.544 e. The third kappa shape index (κ3) is 4.66. The highest BCUT2D eigenvalue weighted by atomic mass is 32.2. The first-order valence-corrected chi connectivity index (χ1v) is 12.4. The fraction of sp³-hybridized carbons (Fsp3) is 0.231. The number of carbonyl (C=O) groups excluding carboxylic acids is 1. The maximum atomic E-state index is 11.0. The van der Waals surface area contributed by atoms with Gasteiger partial charge in [0.2, 0.25) is 0 Å². The van der Waals surface area contributed by atoms with Crippen molar-refractivity contribution in [1.29, 1.82) is 0 Å². The number of rotatable bonds is 9. The van der Waals surface area contributed by atoms with Crippen LogP contribution in [-0.2, 0) is 4.75 Å². The van der Waals surface area contributed by atoms with Crippen LogP contribution in [0.1, 0.15) is 27.7 Å². The molecule has 1 aliphatic carbocycles. The molecule has 1 N–H and O–H groups in total. The Labute approximate surface area is 197 Å². The maximum absolute atomic E-state index is 11.0. The van der Waals surface area contributed by atoms with Crippen molar-refractivity contribution in [2.75, 3.05) is 17.6 Å². The van der Waals surface area contributed by atoms with Crippen molar-refractivity contribution in [3.8, 4) is 0 Å². The van der Waals surface area contributed by atoms with Gasteiger partial charge < -0.3 is 15.2 Å². The molecule has 2 unspecified atom stereocenters. The second kappa shape index (κ2) is 10.2. The zero-order valence-electron chi connectivity index (χ0n) is 17.8. The third-order valence-electron chi connectivity index (χ3n) is 5.70. The Hall–Kier alpha value is -2.83. The molecule has 1 aromatic heterocycles. The molecule has 0 saturated heterocycles. The number of nitrogens with one attached hydrogen (secondary N) is 1. The van der Waals surface area contributed by atoms with Crippen LogP contribution in [-0.4, -0.2) is 23.3 Å². The molecule has 164 valence electrons. The first-order valence-electron chi connectivity index (χ1n) is 10.6. The molecule has 0 aliphatic heterocycles. The zero-order valence-corrected chi connectivity index (χ0v) is 19.4. The molecule has 1 heterocycles. The summed E-state index contributed by atoms with van der Waals surface area (Å²) in [4.78, 5) is 15.3. The van der Waals surface area contributed by atoms with E-state index in [1.807, 2.05) is 11.8 Å². The van der Waals surface area contributed by atoms with Gasteiger partial charge in [-0.05, 0) is 17.0 Å². The molecule has 1 aliphatic rings. The molecule has 6 heteroatoms. The van der Waals surface area contributed by atoms with E-state index in [9.17, 15) is 9.90 Å². The van der Waals surface area contributed by atoms with Gasteiger partial charge in [-0.1, -0.05) is 103 Å². The molecule has 0 amide bonds. The van der Waals surface area contributed by atoms with E-state index in [0.29, 0.717) is 17.6 Å². The lowest BCUT2D eigenvalue weighted by molar-refractivity contribution is -0.254. The van der Waals surface area contributed by atoms with Gasteiger partial charge in [-0.15, -0.1) is 11.8 Å². The van der Waals surface area contributed by atoms with Crippen LogP contribution in [0.2, 0.25) is 0 Å². The van der Waals surface area contributed by atoms with Crippen LogP contribution in [0, 0.1) is 11.8 Å². The monoisotopic (exact) mass is 461 g/mol. The Morgan fingerprint density at radius 1 is 1.06 bits per heavy atom. The zero-order chi connectivity index (χ0) is 22.4. The third-order valence-corrected chi connectivity index (χ3v) is 8.24. The van der Waals surface area contributed by atoms with E-state index >= 15 is 0 Å². The number of carboxylic acid groups (broad SMARTS) is 1. The normalized spacial score (nSPS) is 17.9. The van der Waals surface area contributed by atoms with E-state index < -0.39 is 5.97 Å². The minimum absolute atomic E-state index is 0.135. The van der Waals surface area contributed by atoms with Gasteiger partial charge in [0, 0.05) is 24.4 Å². The molecule has 4 nitrogen and oxygen atoms in total. The molecular formula is C26H25N2O2S2-. The highest BCUT2D eigenvalue weighted by Crippen LogP contribution is 2.52. The van der Waals surface area contributed by atoms with E-state index in [1.54, 1.807) is 0 Å². The number of carbonyl (C=O) groups is 1. The van der Waals surface area contributed by atoms with E-state index in [1.165, 1.54) is 17.3 Å². The summed E-state index contributed by atoms with van der Waals surface area (Å²) in [6, 6.07) is 21.4. The van der Waals surface area contributed by atoms with Crippen LogP contribution in [0.3, 0.4) is 0 Å². The lowest BCUT2D eigenvalue weighted by atomic mass is 9.72. The number of benzene rings is 2. The summed E-state index contributed by atoms with van der Waals surface area (Å²) in [6.45, 7) is 2.95. The van der Waals surface area contributed by atoms with Gasteiger partial charge in [0.25, 0.3) is 0 Å². The van der Waals surface area contributed by atoms with Gasteiger partial charge in [0.1, 0.15) is 0 Å². The fourth-order valence-corrected chi connectivity index (χ4v) is 6.52. The van der Waals surface area contributed by atoms with E-state index in [0.717, 1.165) is 17.1 Å². The fourth-order valence-electron chi connectivity index (χ4n) is 4.23. The number of aromatic carboxylic acids is 1. The van der Waals surface area contributed by atoms with Crippen molar-refractivity contribution < 1.29 is 9.90 Å². The number of carboxylic acids is 1. The highest BCUT2D eigenvalue weighted by Gasteiger charge is 2.43. The lowest BCUT2D eigenvalue weighted by Crippen LogP contribution is -2.37. The molecule has 2 aromatic carbocycles. The Bertz CT molecular complexity index is 1050. The Morgan fingerprint density at radius 2 is 1.69 bits per heavy atom. The number of allylic oxidation sites excluding steroid dienone is 4. The highest BCUT2D eigenvalue weighted by molar-refractivity contribution is 8.00. The summed E-state index contributed by atoms with van der Waals surface area (Å²) < 4.78 is -0.260. The summed E-state index contributed by atoms with van der Waals surface area (Å²) >= 11 is 3.02. The summed E-state index contributed by atoms with van der Waals surface area (Å²) in [7, 11) is 0. The van der Waals surface area contributed by atoms with Gasteiger partial charge in [-0.2, -0.15) is 0 Å². The molecule has 32 heavy (non-hydrogen) atoms. The van der Waals surface area contributed by atoms with Crippen LogP contribution in [0.5, 0.6) is 0 Å². The summed E-state index contributed by atoms with van der Waals surface area (Å²) in [5, 5.41) is 14.9. The molecule has 4 rings (SSSR count). The summed E-state index contributed by atoms with van der Waals surface area (Å²) in [5.74, 6) is 0.297. The van der Waals surface area contributed by atoms with E-state index in [2.05, 4.69) is 102 Å². The number of hydrogen-bond acceptors (Lipinski definition) is 6. The Kier molecular flexibility index (Phi) is 7.12. The average molecular weight is 462 g/mol. The van der Waals surface area contributed by atoms with Gasteiger partial charge >= 0.3 is 0 Å². The maximum Gasteiger partial charge on any atom is 0.183 e. The topological polar surface area (TPSA) is 65.0 Å². The molecule has 0 spiro atoms. The quantitative estimate of drug-likeness (QED) is 0.456. The molecule has 0 bridgehead atoms. The smallest absolute Gasteiger partial charge is 0.183 e. The predicted molar refractivity (Wildman–Crippen MR) is 132 cm³/mol. The summed E-state index contributed by atoms with van der Waals surface area (Å²) in [5.41, 5.74) is 2.56. The molecule has 0 radical (unpaired) electrons. The van der Waals surface area contributed by atoms with Crippen LogP contribution in [0.25, 0.3) is 0 Å². The first-order chi connectivity index (χ1) is 15.6. The van der Waals surface area contributed by atoms with Gasteiger partial charge in [0.05, 0.1) is 15.6 Å². The minimum atomic E-state index is -1.19. The second-order valence-electron chi connectivity index (χ2n) is 7.71.